The van der Waals surface area contributed by atoms with Gasteiger partial charge in [0.05, 0.1) is 13.0 Å². The Labute approximate surface area is 357 Å². The van der Waals surface area contributed by atoms with Crippen molar-refractivity contribution >= 4 is 11.9 Å². The Morgan fingerprint density at radius 1 is 0.414 bits per heavy atom. The molecule has 0 heterocycles. The van der Waals surface area contributed by atoms with E-state index in [0.717, 1.165) is 96.3 Å². The molecule has 0 N–H and O–H groups in total. The molecule has 0 aliphatic carbocycles. The van der Waals surface area contributed by atoms with Crippen molar-refractivity contribution in [3.63, 3.8) is 0 Å². The molecule has 0 spiro atoms. The van der Waals surface area contributed by atoms with E-state index in [1.54, 1.807) is 0 Å². The van der Waals surface area contributed by atoms with E-state index >= 15 is 0 Å². The Morgan fingerprint density at radius 2 is 0.828 bits per heavy atom. The minimum Gasteiger partial charge on any atom is -0.461 e. The third-order valence-corrected chi connectivity index (χ3v) is 9.31. The Kier molecular flexibility index (Phi) is 45.1. The Bertz CT molecular complexity index is 1180. The van der Waals surface area contributed by atoms with E-state index in [2.05, 4.69) is 118 Å². The number of unbranched alkanes of at least 4 members (excludes halogenated alkanes) is 13. The van der Waals surface area contributed by atoms with E-state index in [-0.39, 0.29) is 31.6 Å². The zero-order valence-corrected chi connectivity index (χ0v) is 37.5. The average molecular weight is 803 g/mol. The van der Waals surface area contributed by atoms with Crippen LogP contribution in [0, 0.1) is 0 Å². The maximum atomic E-state index is 12.7. The molecule has 0 aromatic carbocycles. The van der Waals surface area contributed by atoms with Crippen LogP contribution in [0.25, 0.3) is 0 Å². The van der Waals surface area contributed by atoms with Gasteiger partial charge in [-0.2, -0.15) is 0 Å². The number of hydrogen-bond donors (Lipinski definition) is 0. The zero-order valence-electron chi connectivity index (χ0n) is 37.5. The minimum atomic E-state index is -0.592. The molecular weight excluding hydrogens is 717 g/mol. The molecule has 0 bridgehead atoms. The highest BCUT2D eigenvalue weighted by Crippen LogP contribution is 2.11. The largest absolute Gasteiger partial charge is 0.461 e. The van der Waals surface area contributed by atoms with Crippen molar-refractivity contribution in [2.24, 2.45) is 0 Å². The quantitative estimate of drug-likeness (QED) is 0.0350. The highest BCUT2D eigenvalue weighted by atomic mass is 16.6. The van der Waals surface area contributed by atoms with Crippen molar-refractivity contribution < 1.29 is 23.8 Å². The molecule has 5 nitrogen and oxygen atoms in total. The smallest absolute Gasteiger partial charge is 0.309 e. The molecule has 0 saturated carbocycles. The fourth-order valence-corrected chi connectivity index (χ4v) is 5.87. The summed E-state index contributed by atoms with van der Waals surface area (Å²) in [6.07, 6.45) is 65.4. The van der Waals surface area contributed by atoms with Crippen LogP contribution < -0.4 is 0 Å². The molecule has 0 fully saturated rings. The number of allylic oxidation sites excluding steroid dienone is 17. The van der Waals surface area contributed by atoms with Gasteiger partial charge in [-0.15, -0.1) is 0 Å². The van der Waals surface area contributed by atoms with E-state index in [1.807, 2.05) is 12.2 Å². The standard InChI is InChI=1S/C53H86O5/c1-4-7-10-13-16-19-22-24-26-28-30-33-36-39-42-45-48-56-49-51(58-53(55)47-44-41-38-35-31-21-18-15-12-9-6-3)50-57-52(54)46-43-40-37-34-32-29-27-25-23-20-17-14-11-8-5-2/h7-8,10-11,15-20,24-27,32,34,40,43,51H,4-6,9,12-14,21-23,28-31,33,35-39,41-42,44-50H2,1-3H3/b10-7-,11-8-,18-15-,19-16-,20-17-,26-24-,27-25-,34-32-,43-40-. The number of carbonyl (C=O) groups is 2. The number of rotatable bonds is 41. The molecule has 0 amide bonds. The first kappa shape index (κ1) is 54.6. The summed E-state index contributed by atoms with van der Waals surface area (Å²) in [6.45, 7) is 7.40. The highest BCUT2D eigenvalue weighted by molar-refractivity contribution is 5.71. The predicted molar refractivity (Wildman–Crippen MR) is 251 cm³/mol. The lowest BCUT2D eigenvalue weighted by Gasteiger charge is -2.18. The summed E-state index contributed by atoms with van der Waals surface area (Å²) in [7, 11) is 0. The second-order valence-corrected chi connectivity index (χ2v) is 14.9. The van der Waals surface area contributed by atoms with Crippen molar-refractivity contribution in [3.05, 3.63) is 109 Å². The Morgan fingerprint density at radius 3 is 1.34 bits per heavy atom. The minimum absolute atomic E-state index is 0.0160. The SMILES string of the molecule is CC/C=C\C/C=C\C/C=C\C/C=C\C/C=C\CC(=O)OCC(COCCCCCCCC/C=C\C/C=C\C/C=C\CC)OC(=O)CCCCCCC/C=C\CCCC. The van der Waals surface area contributed by atoms with Gasteiger partial charge in [-0.25, -0.2) is 0 Å². The third-order valence-electron chi connectivity index (χ3n) is 9.31. The first-order chi connectivity index (χ1) is 28.6. The van der Waals surface area contributed by atoms with E-state index in [9.17, 15) is 9.59 Å². The van der Waals surface area contributed by atoms with Crippen molar-refractivity contribution in [1.82, 2.24) is 0 Å². The maximum Gasteiger partial charge on any atom is 0.309 e. The summed E-state index contributed by atoms with van der Waals surface area (Å²) in [5.74, 6) is -0.571. The van der Waals surface area contributed by atoms with Gasteiger partial charge in [0, 0.05) is 13.0 Å². The number of ether oxygens (including phenoxy) is 3. The highest BCUT2D eigenvalue weighted by Gasteiger charge is 2.17. The molecule has 1 atom stereocenters. The normalized spacial score (nSPS) is 13.2. The van der Waals surface area contributed by atoms with Gasteiger partial charge < -0.3 is 14.2 Å². The summed E-state index contributed by atoms with van der Waals surface area (Å²) < 4.78 is 17.2. The predicted octanol–water partition coefficient (Wildman–Crippen LogP) is 15.7. The number of hydrogen-bond acceptors (Lipinski definition) is 5. The van der Waals surface area contributed by atoms with Crippen LogP contribution in [-0.2, 0) is 23.8 Å². The van der Waals surface area contributed by atoms with Crippen LogP contribution in [0.5, 0.6) is 0 Å². The zero-order chi connectivity index (χ0) is 42.1. The Hall–Kier alpha value is -3.44. The van der Waals surface area contributed by atoms with Crippen LogP contribution in [0.3, 0.4) is 0 Å². The van der Waals surface area contributed by atoms with E-state index in [1.165, 1.54) is 57.8 Å². The van der Waals surface area contributed by atoms with Crippen LogP contribution >= 0.6 is 0 Å². The van der Waals surface area contributed by atoms with Crippen LogP contribution in [0.1, 0.15) is 188 Å². The summed E-state index contributed by atoms with van der Waals surface area (Å²) in [4.78, 5) is 25.2. The molecule has 0 saturated heterocycles. The fraction of sp³-hybridized carbons (Fsp3) is 0.623. The van der Waals surface area contributed by atoms with Gasteiger partial charge in [0.25, 0.3) is 0 Å². The second kappa shape index (κ2) is 47.9. The van der Waals surface area contributed by atoms with Crippen molar-refractivity contribution in [1.29, 1.82) is 0 Å². The topological polar surface area (TPSA) is 61.8 Å². The molecule has 5 heteroatoms. The molecule has 0 radical (unpaired) electrons. The van der Waals surface area contributed by atoms with Gasteiger partial charge in [0.2, 0.25) is 0 Å². The van der Waals surface area contributed by atoms with E-state index < -0.39 is 6.10 Å². The molecule has 0 aromatic rings. The molecule has 0 rings (SSSR count). The van der Waals surface area contributed by atoms with Gasteiger partial charge in [-0.3, -0.25) is 9.59 Å². The van der Waals surface area contributed by atoms with Crippen LogP contribution in [0.15, 0.2) is 109 Å². The monoisotopic (exact) mass is 803 g/mol. The molecule has 0 aliphatic heterocycles. The Balaban J connectivity index is 4.43. The van der Waals surface area contributed by atoms with Crippen molar-refractivity contribution in [3.8, 4) is 0 Å². The lowest BCUT2D eigenvalue weighted by atomic mass is 10.1. The first-order valence-electron chi connectivity index (χ1n) is 23.4. The third kappa shape index (κ3) is 45.3. The van der Waals surface area contributed by atoms with Gasteiger partial charge in [-0.1, -0.05) is 188 Å². The molecule has 328 valence electrons. The van der Waals surface area contributed by atoms with Gasteiger partial charge >= 0.3 is 11.9 Å². The van der Waals surface area contributed by atoms with E-state index in [0.29, 0.717) is 13.0 Å². The molecule has 0 aromatic heterocycles. The summed E-state index contributed by atoms with van der Waals surface area (Å²) in [6, 6.07) is 0. The van der Waals surface area contributed by atoms with Crippen LogP contribution in [0.4, 0.5) is 0 Å². The molecule has 0 aliphatic rings. The van der Waals surface area contributed by atoms with Crippen LogP contribution in [-0.4, -0.2) is 37.9 Å². The fourth-order valence-electron chi connectivity index (χ4n) is 5.87. The lowest BCUT2D eigenvalue weighted by Crippen LogP contribution is -2.30. The summed E-state index contributed by atoms with van der Waals surface area (Å²) in [5.41, 5.74) is 0. The summed E-state index contributed by atoms with van der Waals surface area (Å²) in [5, 5.41) is 0. The molecule has 1 unspecified atom stereocenters. The van der Waals surface area contributed by atoms with Crippen molar-refractivity contribution in [2.45, 2.75) is 194 Å². The molecule has 58 heavy (non-hydrogen) atoms. The van der Waals surface area contributed by atoms with Gasteiger partial charge in [-0.05, 0) is 96.3 Å². The maximum absolute atomic E-state index is 12.7. The van der Waals surface area contributed by atoms with Gasteiger partial charge in [0.15, 0.2) is 6.10 Å². The molecular formula is C53H86O5. The number of esters is 2. The van der Waals surface area contributed by atoms with Crippen LogP contribution in [0.2, 0.25) is 0 Å². The van der Waals surface area contributed by atoms with E-state index in [4.69, 9.17) is 14.2 Å². The summed E-state index contributed by atoms with van der Waals surface area (Å²) >= 11 is 0. The second-order valence-electron chi connectivity index (χ2n) is 14.9. The number of carbonyl (C=O) groups excluding carboxylic acids is 2. The first-order valence-corrected chi connectivity index (χ1v) is 23.4. The van der Waals surface area contributed by atoms with Gasteiger partial charge in [0.1, 0.15) is 6.61 Å². The average Bonchev–Trinajstić information content (AvgIpc) is 3.22. The lowest BCUT2D eigenvalue weighted by molar-refractivity contribution is -0.162. The van der Waals surface area contributed by atoms with Crippen molar-refractivity contribution in [2.75, 3.05) is 19.8 Å².